The number of para-hydroxylation sites is 1. The Morgan fingerprint density at radius 2 is 1.53 bits per heavy atom. The molecule has 0 bridgehead atoms. The largest absolute Gasteiger partial charge is 0.508 e. The number of carbonyl (C=O) groups excluding carboxylic acids is 4. The monoisotopic (exact) mass is 765 g/mol. The number of aryl methyl sites for hydroxylation is 1. The number of halogens is 4. The maximum Gasteiger partial charge on any atom is 0.418 e. The van der Waals surface area contributed by atoms with Crippen molar-refractivity contribution < 1.29 is 41.8 Å². The molecule has 4 amide bonds. The first-order valence-electron chi connectivity index (χ1n) is 18.5. The van der Waals surface area contributed by atoms with E-state index < -0.39 is 64.7 Å². The average molecular weight is 766 g/mol. The van der Waals surface area contributed by atoms with E-state index in [0.717, 1.165) is 6.07 Å². The van der Waals surface area contributed by atoms with Crippen molar-refractivity contribution in [2.24, 2.45) is 11.8 Å². The smallest absolute Gasteiger partial charge is 0.418 e. The Morgan fingerprint density at radius 3 is 2.16 bits per heavy atom. The lowest BCUT2D eigenvalue weighted by Gasteiger charge is -2.39. The van der Waals surface area contributed by atoms with Crippen LogP contribution in [0.15, 0.2) is 66.7 Å². The Morgan fingerprint density at radius 1 is 0.873 bits per heavy atom. The first-order chi connectivity index (χ1) is 26.1. The zero-order valence-electron chi connectivity index (χ0n) is 31.2. The molecule has 0 saturated carbocycles. The summed E-state index contributed by atoms with van der Waals surface area (Å²) in [5.74, 6) is -3.85. The zero-order valence-corrected chi connectivity index (χ0v) is 31.2. The molecule has 1 aliphatic carbocycles. The molecule has 0 fully saturated rings. The van der Waals surface area contributed by atoms with E-state index in [9.17, 15) is 41.8 Å². The van der Waals surface area contributed by atoms with Crippen molar-refractivity contribution in [3.63, 3.8) is 0 Å². The van der Waals surface area contributed by atoms with E-state index in [1.165, 1.54) is 42.5 Å². The predicted octanol–water partition coefficient (Wildman–Crippen LogP) is 6.00. The number of phenolic OH excluding ortho intramolecular Hbond substituents is 1. The van der Waals surface area contributed by atoms with Gasteiger partial charge in [0.2, 0.25) is 23.6 Å². The summed E-state index contributed by atoms with van der Waals surface area (Å²) < 4.78 is 56.6. The lowest BCUT2D eigenvalue weighted by molar-refractivity contribution is -0.139. The molecule has 1 aliphatic rings. The molecule has 5 rings (SSSR count). The fraction of sp³-hybridized carbons (Fsp3) is 0.415. The van der Waals surface area contributed by atoms with E-state index in [1.807, 2.05) is 13.8 Å². The molecule has 5 atom stereocenters. The minimum Gasteiger partial charge on any atom is -0.508 e. The van der Waals surface area contributed by atoms with Crippen molar-refractivity contribution >= 4 is 34.5 Å². The van der Waals surface area contributed by atoms with Gasteiger partial charge in [0.15, 0.2) is 0 Å². The number of alkyl halides is 3. The summed E-state index contributed by atoms with van der Waals surface area (Å²) in [5, 5.41) is 21.2. The highest BCUT2D eigenvalue weighted by molar-refractivity contribution is 5.99. The number of hydrogen-bond donors (Lipinski definition) is 6. The first-order valence-corrected chi connectivity index (χ1v) is 18.5. The molecule has 0 aliphatic heterocycles. The molecular weight excluding hydrogens is 718 g/mol. The highest BCUT2D eigenvalue weighted by atomic mass is 19.4. The van der Waals surface area contributed by atoms with Crippen LogP contribution in [0.4, 0.5) is 17.6 Å². The molecule has 10 nitrogen and oxygen atoms in total. The Balaban J connectivity index is 1.49. The molecule has 1 heterocycles. The molecule has 0 saturated heterocycles. The summed E-state index contributed by atoms with van der Waals surface area (Å²) in [6.45, 7) is 7.31. The van der Waals surface area contributed by atoms with Crippen LogP contribution in [0.25, 0.3) is 10.9 Å². The van der Waals surface area contributed by atoms with Gasteiger partial charge in [-0.15, -0.1) is 0 Å². The molecule has 294 valence electrons. The second-order valence-corrected chi connectivity index (χ2v) is 14.5. The topological polar surface area (TPSA) is 152 Å². The van der Waals surface area contributed by atoms with Crippen LogP contribution >= 0.6 is 0 Å². The quantitative estimate of drug-likeness (QED) is 0.0872. The van der Waals surface area contributed by atoms with Crippen molar-refractivity contribution in [3.8, 4) is 5.75 Å². The minimum absolute atomic E-state index is 0.0372. The van der Waals surface area contributed by atoms with Gasteiger partial charge >= 0.3 is 6.18 Å². The first kappa shape index (κ1) is 40.8. The average Bonchev–Trinajstić information content (AvgIpc) is 3.53. The van der Waals surface area contributed by atoms with E-state index >= 15 is 0 Å². The number of aromatic nitrogens is 1. The van der Waals surface area contributed by atoms with Gasteiger partial charge in [-0.1, -0.05) is 83.0 Å². The van der Waals surface area contributed by atoms with Crippen LogP contribution in [0.2, 0.25) is 0 Å². The number of rotatable bonds is 14. The molecule has 3 aromatic carbocycles. The lowest BCUT2D eigenvalue weighted by Crippen LogP contribution is -2.67. The lowest BCUT2D eigenvalue weighted by atomic mass is 9.78. The second-order valence-electron chi connectivity index (χ2n) is 14.5. The number of H-pyrrole nitrogens is 1. The standard InChI is InChI=1S/C41H47F4N5O5/c1-5-23(3)34(37(53)46-22-25-14-16-27(51)17-15-25)49-39(55)40(19-18-32-29(21-40)28-11-9-12-30(36(28)47-32)41(43,44)45)50-38(54)35(24(4)6-2)48-33(52)20-26-10-7-8-13-31(26)42/h7-17,23-24,34-35,47,51H,5-6,18-22H2,1-4H3,(H,46,53)(H,48,52)(H,49,55)(H,50,54)/t23-,24?,34?,35-,40+/m0/s1. The third-order valence-corrected chi connectivity index (χ3v) is 10.7. The maximum absolute atomic E-state index is 14.7. The van der Waals surface area contributed by atoms with Crippen LogP contribution in [0.3, 0.4) is 0 Å². The summed E-state index contributed by atoms with van der Waals surface area (Å²) in [5.41, 5.74) is -1.000. The fourth-order valence-electron chi connectivity index (χ4n) is 7.01. The number of fused-ring (bicyclic) bond motifs is 3. The van der Waals surface area contributed by atoms with Gasteiger partial charge in [-0.3, -0.25) is 19.2 Å². The fourth-order valence-corrected chi connectivity index (χ4v) is 7.01. The predicted molar refractivity (Wildman–Crippen MR) is 199 cm³/mol. The van der Waals surface area contributed by atoms with Crippen LogP contribution in [-0.4, -0.2) is 51.3 Å². The molecule has 6 N–H and O–H groups in total. The number of phenols is 1. The summed E-state index contributed by atoms with van der Waals surface area (Å²) in [6, 6.07) is 13.6. The number of aromatic amines is 1. The molecule has 0 radical (unpaired) electrons. The van der Waals surface area contributed by atoms with Crippen LogP contribution in [0, 0.1) is 17.7 Å². The maximum atomic E-state index is 14.7. The Bertz CT molecular complexity index is 2030. The zero-order chi connectivity index (χ0) is 40.1. The molecular formula is C41H47F4N5O5. The van der Waals surface area contributed by atoms with E-state index in [4.69, 9.17) is 0 Å². The molecule has 1 aromatic heterocycles. The molecule has 14 heteroatoms. The van der Waals surface area contributed by atoms with Crippen LogP contribution in [0.5, 0.6) is 5.75 Å². The van der Waals surface area contributed by atoms with Crippen LogP contribution in [-0.2, 0) is 51.2 Å². The summed E-state index contributed by atoms with van der Waals surface area (Å²) in [7, 11) is 0. The van der Waals surface area contributed by atoms with Gasteiger partial charge in [0.1, 0.15) is 29.2 Å². The number of amides is 4. The summed E-state index contributed by atoms with van der Waals surface area (Å²) in [4.78, 5) is 58.8. The van der Waals surface area contributed by atoms with Crippen molar-refractivity contribution in [3.05, 3.63) is 100 Å². The van der Waals surface area contributed by atoms with E-state index in [0.29, 0.717) is 29.7 Å². The van der Waals surface area contributed by atoms with Crippen molar-refractivity contribution in [2.75, 3.05) is 0 Å². The second kappa shape index (κ2) is 17.0. The van der Waals surface area contributed by atoms with E-state index in [1.54, 1.807) is 32.0 Å². The third-order valence-electron chi connectivity index (χ3n) is 10.7. The van der Waals surface area contributed by atoms with Gasteiger partial charge in [-0.05, 0) is 65.6 Å². The SMILES string of the molecule is CCC(C)[C@H](NC(=O)Cc1ccccc1F)C(=O)N[C@]1(C(=O)NC(C(=O)NCc2ccc(O)cc2)[C@@H](C)CC)CCc2[nH]c3c(C(F)(F)F)cccc3c2C1. The Labute approximate surface area is 316 Å². The highest BCUT2D eigenvalue weighted by Crippen LogP contribution is 2.40. The van der Waals surface area contributed by atoms with Gasteiger partial charge in [-0.2, -0.15) is 13.2 Å². The van der Waals surface area contributed by atoms with Gasteiger partial charge in [0.25, 0.3) is 0 Å². The van der Waals surface area contributed by atoms with E-state index in [2.05, 4.69) is 26.3 Å². The number of benzene rings is 3. The third kappa shape index (κ3) is 9.29. The van der Waals surface area contributed by atoms with Gasteiger partial charge < -0.3 is 31.4 Å². The highest BCUT2D eigenvalue weighted by Gasteiger charge is 2.47. The van der Waals surface area contributed by atoms with Gasteiger partial charge in [0.05, 0.1) is 17.5 Å². The van der Waals surface area contributed by atoms with Crippen molar-refractivity contribution in [1.29, 1.82) is 0 Å². The summed E-state index contributed by atoms with van der Waals surface area (Å²) in [6.07, 6.45) is -4.21. The van der Waals surface area contributed by atoms with Gasteiger partial charge in [0, 0.05) is 24.0 Å². The Hall–Kier alpha value is -5.40. The number of carbonyl (C=O) groups is 4. The Kier molecular flexibility index (Phi) is 12.6. The van der Waals surface area contributed by atoms with E-state index in [-0.39, 0.29) is 60.4 Å². The number of nitrogens with one attached hydrogen (secondary N) is 5. The molecule has 0 spiro atoms. The molecule has 2 unspecified atom stereocenters. The number of hydrogen-bond acceptors (Lipinski definition) is 5. The summed E-state index contributed by atoms with van der Waals surface area (Å²) >= 11 is 0. The number of aromatic hydroxyl groups is 1. The van der Waals surface area contributed by atoms with Crippen molar-refractivity contribution in [2.45, 2.75) is 96.6 Å². The van der Waals surface area contributed by atoms with Crippen LogP contribution in [0.1, 0.15) is 74.9 Å². The molecule has 4 aromatic rings. The normalized spacial score (nSPS) is 17.7. The van der Waals surface area contributed by atoms with Crippen molar-refractivity contribution in [1.82, 2.24) is 26.3 Å². The van der Waals surface area contributed by atoms with Gasteiger partial charge in [-0.25, -0.2) is 4.39 Å². The molecule has 55 heavy (non-hydrogen) atoms. The minimum atomic E-state index is -4.66. The van der Waals surface area contributed by atoms with Crippen LogP contribution < -0.4 is 21.3 Å².